The van der Waals surface area contributed by atoms with Gasteiger partial charge in [-0.3, -0.25) is 9.59 Å². The molecule has 0 aromatic heterocycles. The molecule has 4 atom stereocenters. The van der Waals surface area contributed by atoms with Gasteiger partial charge in [0.25, 0.3) is 0 Å². The summed E-state index contributed by atoms with van der Waals surface area (Å²) in [5, 5.41) is 0. The number of hydrogen-bond acceptors (Lipinski definition) is 4. The fourth-order valence-corrected chi connectivity index (χ4v) is 5.52. The molecule has 2 aromatic rings. The first-order chi connectivity index (χ1) is 13.4. The van der Waals surface area contributed by atoms with E-state index in [4.69, 9.17) is 11.5 Å². The Morgan fingerprint density at radius 2 is 1.50 bits per heavy atom. The van der Waals surface area contributed by atoms with E-state index in [1.165, 1.54) is 0 Å². The van der Waals surface area contributed by atoms with Crippen LogP contribution in [0.5, 0.6) is 0 Å². The van der Waals surface area contributed by atoms with Crippen LogP contribution in [0.1, 0.15) is 60.9 Å². The molecule has 2 saturated carbocycles. The summed E-state index contributed by atoms with van der Waals surface area (Å²) in [6.45, 7) is 2.01. The Labute approximate surface area is 166 Å². The van der Waals surface area contributed by atoms with E-state index in [2.05, 4.69) is 0 Å². The van der Waals surface area contributed by atoms with Crippen LogP contribution in [0.15, 0.2) is 60.7 Å². The largest absolute Gasteiger partial charge is 0.318 e. The molecule has 2 aliphatic carbocycles. The molecule has 4 N–H and O–H groups in total. The minimum atomic E-state index is -1.18. The van der Waals surface area contributed by atoms with E-state index < -0.39 is 16.5 Å². The normalized spacial score (nSPS) is 33.3. The van der Waals surface area contributed by atoms with Crippen molar-refractivity contribution in [2.45, 2.75) is 56.0 Å². The van der Waals surface area contributed by atoms with Crippen molar-refractivity contribution in [1.82, 2.24) is 0 Å². The summed E-state index contributed by atoms with van der Waals surface area (Å²) >= 11 is 0. The van der Waals surface area contributed by atoms with Gasteiger partial charge in [0.1, 0.15) is 0 Å². The third-order valence-electron chi connectivity index (χ3n) is 7.36. The third-order valence-corrected chi connectivity index (χ3v) is 7.36. The lowest BCUT2D eigenvalue weighted by Crippen LogP contribution is -2.63. The Bertz CT molecular complexity index is 897. The predicted molar refractivity (Wildman–Crippen MR) is 110 cm³/mol. The quantitative estimate of drug-likeness (QED) is 0.798. The van der Waals surface area contributed by atoms with Crippen LogP contribution in [0.2, 0.25) is 0 Å². The Morgan fingerprint density at radius 3 is 2.14 bits per heavy atom. The SMILES string of the molecule is CC(c1ccccc1)C1(N)CCC2(CCCC2(N)C(=O)c2ccccc2)C1=O. The molecule has 4 unspecified atom stereocenters. The van der Waals surface area contributed by atoms with Gasteiger partial charge in [-0.05, 0) is 31.2 Å². The lowest BCUT2D eigenvalue weighted by molar-refractivity contribution is -0.132. The van der Waals surface area contributed by atoms with Crippen molar-refractivity contribution < 1.29 is 9.59 Å². The Kier molecular flexibility index (Phi) is 4.52. The molecule has 2 aromatic carbocycles. The molecule has 2 fully saturated rings. The standard InChI is InChI=1S/C24H28N2O2/c1-17(18-9-4-2-5-10-18)23(25)16-15-22(21(23)28)13-8-14-24(22,26)20(27)19-11-6-3-7-12-19/h2-7,9-12,17H,8,13-16,25-26H2,1H3. The van der Waals surface area contributed by atoms with Gasteiger partial charge in [-0.15, -0.1) is 0 Å². The van der Waals surface area contributed by atoms with E-state index in [-0.39, 0.29) is 17.5 Å². The molecule has 2 aliphatic rings. The van der Waals surface area contributed by atoms with Gasteiger partial charge in [0.05, 0.1) is 16.5 Å². The van der Waals surface area contributed by atoms with Gasteiger partial charge in [0.2, 0.25) is 0 Å². The number of hydrogen-bond donors (Lipinski definition) is 2. The van der Waals surface area contributed by atoms with Gasteiger partial charge in [-0.1, -0.05) is 74.0 Å². The lowest BCUT2D eigenvalue weighted by atomic mass is 9.64. The van der Waals surface area contributed by atoms with Crippen LogP contribution in [0.25, 0.3) is 0 Å². The highest BCUT2D eigenvalue weighted by atomic mass is 16.1. The van der Waals surface area contributed by atoms with Gasteiger partial charge < -0.3 is 11.5 Å². The third kappa shape index (κ3) is 2.51. The van der Waals surface area contributed by atoms with Crippen LogP contribution in [-0.4, -0.2) is 22.6 Å². The summed E-state index contributed by atoms with van der Waals surface area (Å²) in [6.07, 6.45) is 3.08. The zero-order valence-corrected chi connectivity index (χ0v) is 16.4. The van der Waals surface area contributed by atoms with E-state index in [1.807, 2.05) is 55.5 Å². The minimum absolute atomic E-state index is 0.0272. The summed E-state index contributed by atoms with van der Waals surface area (Å²) in [5.74, 6) is -0.284. The summed E-state index contributed by atoms with van der Waals surface area (Å²) in [5.41, 5.74) is 12.2. The van der Waals surface area contributed by atoms with Crippen molar-refractivity contribution in [3.8, 4) is 0 Å². The molecule has 0 bridgehead atoms. The zero-order chi connectivity index (χ0) is 20.0. The maximum absolute atomic E-state index is 13.9. The topological polar surface area (TPSA) is 86.2 Å². The first-order valence-electron chi connectivity index (χ1n) is 10.1. The zero-order valence-electron chi connectivity index (χ0n) is 16.4. The molecule has 146 valence electrons. The van der Waals surface area contributed by atoms with Gasteiger partial charge >= 0.3 is 0 Å². The highest BCUT2D eigenvalue weighted by molar-refractivity contribution is 6.10. The van der Waals surface area contributed by atoms with Crippen molar-refractivity contribution >= 4 is 11.6 Å². The smallest absolute Gasteiger partial charge is 0.183 e. The van der Waals surface area contributed by atoms with Gasteiger partial charge in [-0.2, -0.15) is 0 Å². The van der Waals surface area contributed by atoms with E-state index in [0.29, 0.717) is 31.2 Å². The maximum atomic E-state index is 13.9. The fourth-order valence-electron chi connectivity index (χ4n) is 5.52. The van der Waals surface area contributed by atoms with E-state index in [0.717, 1.165) is 12.0 Å². The summed E-state index contributed by atoms with van der Waals surface area (Å²) in [4.78, 5) is 27.3. The number of Topliss-reactive ketones (excluding diaryl/α,β-unsaturated/α-hetero) is 2. The molecule has 0 saturated heterocycles. The molecule has 0 heterocycles. The second-order valence-electron chi connectivity index (χ2n) is 8.60. The van der Waals surface area contributed by atoms with Gasteiger partial charge in [0.15, 0.2) is 11.6 Å². The van der Waals surface area contributed by atoms with Crippen LogP contribution in [-0.2, 0) is 4.79 Å². The van der Waals surface area contributed by atoms with Crippen LogP contribution in [0.4, 0.5) is 0 Å². The number of benzene rings is 2. The highest BCUT2D eigenvalue weighted by Gasteiger charge is 2.68. The summed E-state index contributed by atoms with van der Waals surface area (Å²) in [6, 6.07) is 19.0. The van der Waals surface area contributed by atoms with Crippen molar-refractivity contribution in [1.29, 1.82) is 0 Å². The predicted octanol–water partition coefficient (Wildman–Crippen LogP) is 3.60. The number of rotatable bonds is 4. The number of carbonyl (C=O) groups excluding carboxylic acids is 2. The fraction of sp³-hybridized carbons (Fsp3) is 0.417. The van der Waals surface area contributed by atoms with E-state index in [1.54, 1.807) is 12.1 Å². The number of carbonyl (C=O) groups is 2. The molecule has 4 heteroatoms. The van der Waals surface area contributed by atoms with Gasteiger partial charge in [0, 0.05) is 11.5 Å². The van der Waals surface area contributed by atoms with Gasteiger partial charge in [-0.25, -0.2) is 0 Å². The van der Waals surface area contributed by atoms with Crippen molar-refractivity contribution in [3.63, 3.8) is 0 Å². The Morgan fingerprint density at radius 1 is 0.893 bits per heavy atom. The molecule has 1 spiro atoms. The average Bonchev–Trinajstić information content (AvgIpc) is 3.22. The molecule has 0 amide bonds. The van der Waals surface area contributed by atoms with Crippen LogP contribution >= 0.6 is 0 Å². The van der Waals surface area contributed by atoms with E-state index in [9.17, 15) is 9.59 Å². The van der Waals surface area contributed by atoms with Crippen LogP contribution < -0.4 is 11.5 Å². The summed E-state index contributed by atoms with van der Waals surface area (Å²) < 4.78 is 0. The van der Waals surface area contributed by atoms with E-state index >= 15 is 0 Å². The van der Waals surface area contributed by atoms with Crippen molar-refractivity contribution in [2.24, 2.45) is 16.9 Å². The molecule has 0 aliphatic heterocycles. The van der Waals surface area contributed by atoms with Crippen LogP contribution in [0.3, 0.4) is 0 Å². The number of ketones is 2. The average molecular weight is 376 g/mol. The lowest BCUT2D eigenvalue weighted by Gasteiger charge is -2.40. The molecule has 28 heavy (non-hydrogen) atoms. The Hall–Kier alpha value is -2.30. The maximum Gasteiger partial charge on any atom is 0.183 e. The summed E-state index contributed by atoms with van der Waals surface area (Å²) in [7, 11) is 0. The minimum Gasteiger partial charge on any atom is -0.318 e. The molecule has 4 nitrogen and oxygen atoms in total. The monoisotopic (exact) mass is 376 g/mol. The Balaban J connectivity index is 1.72. The molecular weight excluding hydrogens is 348 g/mol. The first kappa shape index (κ1) is 19.0. The molecule has 4 rings (SSSR count). The molecular formula is C24H28N2O2. The van der Waals surface area contributed by atoms with Crippen molar-refractivity contribution in [3.05, 3.63) is 71.8 Å². The van der Waals surface area contributed by atoms with Crippen molar-refractivity contribution in [2.75, 3.05) is 0 Å². The van der Waals surface area contributed by atoms with Crippen LogP contribution in [0, 0.1) is 5.41 Å². The molecule has 0 radical (unpaired) electrons. The highest BCUT2D eigenvalue weighted by Crippen LogP contribution is 2.58. The second kappa shape index (κ2) is 6.64. The first-order valence-corrected chi connectivity index (χ1v) is 10.1. The number of nitrogens with two attached hydrogens (primary N) is 2. The second-order valence-corrected chi connectivity index (χ2v) is 8.60.